The number of hydrogen-bond donors (Lipinski definition) is 2. The quantitative estimate of drug-likeness (QED) is 0.356. The van der Waals surface area contributed by atoms with Crippen molar-refractivity contribution < 1.29 is 46.8 Å². The molecule has 1 aliphatic heterocycles. The number of amides is 1. The van der Waals surface area contributed by atoms with Crippen LogP contribution in [0.2, 0.25) is 0 Å². The highest BCUT2D eigenvalue weighted by molar-refractivity contribution is 5.96. The molecule has 4 atom stereocenters. The first-order valence-electron chi connectivity index (χ1n) is 11.8. The molecule has 2 aromatic carbocycles. The highest BCUT2D eigenvalue weighted by Gasteiger charge is 2.51. The Hall–Kier alpha value is -3.57. The van der Waals surface area contributed by atoms with Crippen molar-refractivity contribution in [3.8, 4) is 11.5 Å². The number of esters is 1. The van der Waals surface area contributed by atoms with E-state index < -0.39 is 47.7 Å². The van der Waals surface area contributed by atoms with Gasteiger partial charge in [0, 0.05) is 12.0 Å². The monoisotopic (exact) mass is 537 g/mol. The van der Waals surface area contributed by atoms with Crippen molar-refractivity contribution in [2.75, 3.05) is 13.7 Å². The second-order valence-corrected chi connectivity index (χ2v) is 9.09. The number of nitrogens with one attached hydrogen (secondary N) is 1. The summed E-state index contributed by atoms with van der Waals surface area (Å²) >= 11 is 0. The second kappa shape index (κ2) is 11.9. The first kappa shape index (κ1) is 29.0. The number of phenolic OH excluding ortho intramolecular Hbond substituents is 1. The Bertz CT molecular complexity index is 1160. The maximum atomic E-state index is 13.3. The van der Waals surface area contributed by atoms with Gasteiger partial charge in [-0.2, -0.15) is 13.2 Å². The summed E-state index contributed by atoms with van der Waals surface area (Å²) in [5, 5.41) is 13.1. The lowest BCUT2D eigenvalue weighted by Crippen LogP contribution is -2.64. The molecule has 0 aliphatic carbocycles. The van der Waals surface area contributed by atoms with E-state index in [0.29, 0.717) is 0 Å². The maximum Gasteiger partial charge on any atom is 0.471 e. The summed E-state index contributed by atoms with van der Waals surface area (Å²) in [5.74, 6) is -3.50. The number of aromatic hydroxyl groups is 1. The Morgan fingerprint density at radius 1 is 1.24 bits per heavy atom. The molecule has 8 nitrogen and oxygen atoms in total. The van der Waals surface area contributed by atoms with Gasteiger partial charge in [-0.25, -0.2) is 4.79 Å². The van der Waals surface area contributed by atoms with Crippen molar-refractivity contribution in [3.63, 3.8) is 0 Å². The molecule has 0 spiro atoms. The van der Waals surface area contributed by atoms with E-state index in [0.717, 1.165) is 12.7 Å². The number of alkyl halides is 3. The minimum Gasteiger partial charge on any atom is -0.507 e. The van der Waals surface area contributed by atoms with Crippen LogP contribution in [0.4, 0.5) is 13.2 Å². The Morgan fingerprint density at radius 3 is 2.53 bits per heavy atom. The molecule has 1 saturated heterocycles. The normalized spacial score (nSPS) is 23.4. The number of benzene rings is 2. The number of ether oxygens (including phenoxy) is 4. The lowest BCUT2D eigenvalue weighted by atomic mass is 9.80. The molecule has 0 radical (unpaired) electrons. The molecule has 0 unspecified atom stereocenters. The smallest absolute Gasteiger partial charge is 0.471 e. The van der Waals surface area contributed by atoms with Gasteiger partial charge in [-0.3, -0.25) is 4.79 Å². The summed E-state index contributed by atoms with van der Waals surface area (Å²) in [7, 11) is 1.13. The first-order valence-corrected chi connectivity index (χ1v) is 11.8. The predicted molar refractivity (Wildman–Crippen MR) is 131 cm³/mol. The number of carbonyl (C=O) groups is 2. The molecule has 1 aliphatic rings. The van der Waals surface area contributed by atoms with E-state index in [-0.39, 0.29) is 36.5 Å². The van der Waals surface area contributed by atoms with E-state index in [4.69, 9.17) is 18.9 Å². The van der Waals surface area contributed by atoms with Crippen LogP contribution in [0.1, 0.15) is 47.9 Å². The van der Waals surface area contributed by atoms with Gasteiger partial charge in [-0.1, -0.05) is 43.0 Å². The fourth-order valence-corrected chi connectivity index (χ4v) is 4.53. The largest absolute Gasteiger partial charge is 0.507 e. The first-order chi connectivity index (χ1) is 17.9. The molecule has 1 amide bonds. The Morgan fingerprint density at radius 2 is 1.92 bits per heavy atom. The lowest BCUT2D eigenvalue weighted by molar-refractivity contribution is -0.196. The van der Waals surface area contributed by atoms with Crippen LogP contribution in [0.5, 0.6) is 11.5 Å². The molecule has 2 N–H and O–H groups in total. The minimum atomic E-state index is -5.13. The molecular formula is C27H30F3NO7. The van der Waals surface area contributed by atoms with Gasteiger partial charge in [0.25, 0.3) is 0 Å². The average molecular weight is 538 g/mol. The third-order valence-electron chi connectivity index (χ3n) is 6.24. The fraction of sp³-hybridized carbons (Fsp3) is 0.407. The maximum absolute atomic E-state index is 13.3. The summed E-state index contributed by atoms with van der Waals surface area (Å²) in [4.78, 5) is 24.5. The van der Waals surface area contributed by atoms with Crippen LogP contribution < -0.4 is 10.1 Å². The van der Waals surface area contributed by atoms with Crippen molar-refractivity contribution in [1.29, 1.82) is 0 Å². The number of methoxy groups -OCH3 is 1. The van der Waals surface area contributed by atoms with Crippen LogP contribution in [-0.4, -0.2) is 54.6 Å². The van der Waals surface area contributed by atoms with Gasteiger partial charge in [-0.15, -0.1) is 0 Å². The third-order valence-corrected chi connectivity index (χ3v) is 6.24. The van der Waals surface area contributed by atoms with Crippen LogP contribution in [0.3, 0.4) is 0 Å². The van der Waals surface area contributed by atoms with Crippen LogP contribution in [0.25, 0.3) is 0 Å². The van der Waals surface area contributed by atoms with Crippen LogP contribution in [-0.2, 0) is 25.6 Å². The summed E-state index contributed by atoms with van der Waals surface area (Å²) in [6.45, 7) is 6.67. The number of carbonyl (C=O) groups excluding carboxylic acids is 2. The Balaban J connectivity index is 1.98. The van der Waals surface area contributed by atoms with Crippen molar-refractivity contribution in [2.24, 2.45) is 0 Å². The zero-order valence-electron chi connectivity index (χ0n) is 21.2. The van der Waals surface area contributed by atoms with Gasteiger partial charge in [0.1, 0.15) is 29.8 Å². The predicted octanol–water partition coefficient (Wildman–Crippen LogP) is 4.62. The van der Waals surface area contributed by atoms with Crippen molar-refractivity contribution in [1.82, 2.24) is 5.32 Å². The van der Waals surface area contributed by atoms with E-state index in [9.17, 15) is 27.9 Å². The molecule has 0 bridgehead atoms. The molecule has 0 saturated carbocycles. The molecule has 38 heavy (non-hydrogen) atoms. The van der Waals surface area contributed by atoms with Gasteiger partial charge < -0.3 is 29.4 Å². The molecule has 206 valence electrons. The van der Waals surface area contributed by atoms with E-state index in [1.54, 1.807) is 31.2 Å². The number of halogens is 3. The van der Waals surface area contributed by atoms with Gasteiger partial charge in [0.05, 0.1) is 31.5 Å². The van der Waals surface area contributed by atoms with E-state index in [1.807, 2.05) is 6.07 Å². The number of rotatable bonds is 9. The zero-order chi connectivity index (χ0) is 28.1. The summed E-state index contributed by atoms with van der Waals surface area (Å²) in [5.41, 5.74) is -0.954. The van der Waals surface area contributed by atoms with Gasteiger partial charge in [-0.05, 0) is 31.5 Å². The molecule has 11 heteroatoms. The fourth-order valence-electron chi connectivity index (χ4n) is 4.53. The minimum absolute atomic E-state index is 0.0269. The lowest BCUT2D eigenvalue weighted by Gasteiger charge is -2.48. The Labute approximate surface area is 218 Å². The van der Waals surface area contributed by atoms with Crippen molar-refractivity contribution >= 4 is 11.9 Å². The van der Waals surface area contributed by atoms with Gasteiger partial charge in [0.15, 0.2) is 0 Å². The third kappa shape index (κ3) is 6.46. The van der Waals surface area contributed by atoms with Crippen LogP contribution in [0.15, 0.2) is 55.1 Å². The van der Waals surface area contributed by atoms with Gasteiger partial charge in [0.2, 0.25) is 0 Å². The van der Waals surface area contributed by atoms with E-state index >= 15 is 0 Å². The van der Waals surface area contributed by atoms with Gasteiger partial charge >= 0.3 is 18.1 Å². The summed E-state index contributed by atoms with van der Waals surface area (Å²) in [6.07, 6.45) is -6.72. The highest BCUT2D eigenvalue weighted by Crippen LogP contribution is 2.45. The Kier molecular flexibility index (Phi) is 9.05. The van der Waals surface area contributed by atoms with Crippen molar-refractivity contribution in [3.05, 3.63) is 71.8 Å². The van der Waals surface area contributed by atoms with E-state index in [2.05, 4.69) is 11.9 Å². The average Bonchev–Trinajstić information content (AvgIpc) is 2.86. The molecular weight excluding hydrogens is 507 g/mol. The molecule has 0 aromatic heterocycles. The van der Waals surface area contributed by atoms with E-state index in [1.165, 1.54) is 25.1 Å². The molecule has 1 heterocycles. The topological polar surface area (TPSA) is 103 Å². The number of phenols is 1. The van der Waals surface area contributed by atoms with Crippen molar-refractivity contribution in [2.45, 2.75) is 56.9 Å². The molecule has 1 fully saturated rings. The zero-order valence-corrected chi connectivity index (χ0v) is 21.2. The molecule has 2 aromatic rings. The summed E-state index contributed by atoms with van der Waals surface area (Å²) < 4.78 is 62.1. The summed E-state index contributed by atoms with van der Waals surface area (Å²) in [6, 6.07) is 11.9. The van der Waals surface area contributed by atoms with Crippen LogP contribution in [0, 0.1) is 0 Å². The number of hydrogen-bond acceptors (Lipinski definition) is 7. The van der Waals surface area contributed by atoms with Crippen LogP contribution >= 0.6 is 0 Å². The highest BCUT2D eigenvalue weighted by atomic mass is 19.4. The standard InChI is InChI=1S/C27H30F3NO7/c1-5-13-36-19-12-11-18(22(32)21(19)24(33)35-4)20-14-26(3,31-25(34)27(28,29)30)23(16(2)38-20)37-15-17-9-7-6-8-10-17/h5-12,16,20,23,32H,1,13-15H2,2-4H3,(H,31,34)/t16-,20-,23+,26-/m0/s1. The SMILES string of the molecule is C=CCOc1ccc([C@@H]2C[C@](C)(NC(=O)C(F)(F)F)[C@H](OCc3ccccc3)[C@H](C)O2)c(O)c1C(=O)OC. The molecule has 3 rings (SSSR count). The second-order valence-electron chi connectivity index (χ2n) is 9.09.